The molecule has 4 heterocycles. The van der Waals surface area contributed by atoms with Crippen molar-refractivity contribution in [2.45, 2.75) is 51.1 Å². The lowest BCUT2D eigenvalue weighted by Crippen LogP contribution is -2.47. The number of aromatic nitrogens is 3. The first-order valence-corrected chi connectivity index (χ1v) is 10.5. The Morgan fingerprint density at radius 1 is 1.15 bits per heavy atom. The molecular weight excluding hydrogens is 342 g/mol. The van der Waals surface area contributed by atoms with Crippen molar-refractivity contribution in [2.24, 2.45) is 4.99 Å². The normalized spacial score (nSPS) is 24.7. The van der Waals surface area contributed by atoms with Crippen LogP contribution in [-0.2, 0) is 24.1 Å². The number of hydrogen-bond donors (Lipinski definition) is 1. The number of fused-ring (bicyclic) bond motifs is 1. The minimum Gasteiger partial charge on any atom is -0.379 e. The lowest BCUT2D eigenvalue weighted by molar-refractivity contribution is 0.0195. The second-order valence-corrected chi connectivity index (χ2v) is 7.76. The van der Waals surface area contributed by atoms with Gasteiger partial charge in [0.15, 0.2) is 5.96 Å². The Hall–Kier alpha value is -1.67. The van der Waals surface area contributed by atoms with Gasteiger partial charge in [-0.25, -0.2) is 0 Å². The van der Waals surface area contributed by atoms with Crippen LogP contribution >= 0.6 is 0 Å². The fraction of sp³-hybridized carbons (Fsp3) is 0.842. The first kappa shape index (κ1) is 18.7. The Morgan fingerprint density at radius 2 is 2.04 bits per heavy atom. The average Bonchev–Trinajstić information content (AvgIpc) is 3.27. The minimum atomic E-state index is 0.625. The Morgan fingerprint density at radius 3 is 2.89 bits per heavy atom. The summed E-state index contributed by atoms with van der Waals surface area (Å²) in [4.78, 5) is 9.48. The third kappa shape index (κ3) is 4.43. The van der Waals surface area contributed by atoms with Gasteiger partial charge in [-0.2, -0.15) is 0 Å². The van der Waals surface area contributed by atoms with E-state index in [0.29, 0.717) is 6.04 Å². The maximum Gasteiger partial charge on any atom is 0.193 e. The van der Waals surface area contributed by atoms with E-state index in [4.69, 9.17) is 4.74 Å². The summed E-state index contributed by atoms with van der Waals surface area (Å²) in [5.74, 6) is 3.30. The van der Waals surface area contributed by atoms with Crippen molar-refractivity contribution in [3.63, 3.8) is 0 Å². The molecule has 1 N–H and O–H groups in total. The molecule has 0 aromatic carbocycles. The SMILES string of the molecule is CN=C(NCCc1nnc2n1CCCCC2)N1CCC(N2CCOCC2)C1. The molecule has 1 unspecified atom stereocenters. The first-order chi connectivity index (χ1) is 13.3. The number of guanidine groups is 1. The molecule has 3 aliphatic heterocycles. The van der Waals surface area contributed by atoms with E-state index in [1.165, 1.54) is 31.5 Å². The van der Waals surface area contributed by atoms with Crippen LogP contribution in [0.4, 0.5) is 0 Å². The molecule has 2 fully saturated rings. The average molecular weight is 376 g/mol. The van der Waals surface area contributed by atoms with Gasteiger partial charge in [0.1, 0.15) is 11.6 Å². The Balaban J connectivity index is 1.27. The molecule has 4 rings (SSSR count). The summed E-state index contributed by atoms with van der Waals surface area (Å²) in [6.07, 6.45) is 6.95. The molecular formula is C19H33N7O. The molecule has 0 spiro atoms. The molecule has 0 radical (unpaired) electrons. The van der Waals surface area contributed by atoms with E-state index in [0.717, 1.165) is 77.1 Å². The predicted octanol–water partition coefficient (Wildman–Crippen LogP) is 0.529. The fourth-order valence-electron chi connectivity index (χ4n) is 4.52. The monoisotopic (exact) mass is 375 g/mol. The summed E-state index contributed by atoms with van der Waals surface area (Å²) in [6, 6.07) is 0.625. The van der Waals surface area contributed by atoms with Gasteiger partial charge in [-0.15, -0.1) is 10.2 Å². The number of likely N-dealkylation sites (tertiary alicyclic amines) is 1. The zero-order valence-corrected chi connectivity index (χ0v) is 16.6. The van der Waals surface area contributed by atoms with Crippen LogP contribution in [0.15, 0.2) is 4.99 Å². The molecule has 0 amide bonds. The maximum atomic E-state index is 5.49. The van der Waals surface area contributed by atoms with Crippen LogP contribution in [0.3, 0.4) is 0 Å². The smallest absolute Gasteiger partial charge is 0.193 e. The van der Waals surface area contributed by atoms with Crippen LogP contribution in [0.1, 0.15) is 37.3 Å². The van der Waals surface area contributed by atoms with E-state index in [-0.39, 0.29) is 0 Å². The van der Waals surface area contributed by atoms with Crippen molar-refractivity contribution in [1.29, 1.82) is 0 Å². The van der Waals surface area contributed by atoms with E-state index in [9.17, 15) is 0 Å². The number of nitrogens with one attached hydrogen (secondary N) is 1. The summed E-state index contributed by atoms with van der Waals surface area (Å²) >= 11 is 0. The molecule has 0 aliphatic carbocycles. The van der Waals surface area contributed by atoms with Crippen LogP contribution in [-0.4, -0.2) is 89.6 Å². The largest absolute Gasteiger partial charge is 0.379 e. The molecule has 3 aliphatic rings. The van der Waals surface area contributed by atoms with Gasteiger partial charge in [0.05, 0.1) is 13.2 Å². The van der Waals surface area contributed by atoms with Crippen LogP contribution in [0.25, 0.3) is 0 Å². The number of hydrogen-bond acceptors (Lipinski definition) is 5. The van der Waals surface area contributed by atoms with Gasteiger partial charge in [0.2, 0.25) is 0 Å². The van der Waals surface area contributed by atoms with Gasteiger partial charge in [0.25, 0.3) is 0 Å². The molecule has 1 aromatic rings. The molecule has 150 valence electrons. The van der Waals surface area contributed by atoms with Gasteiger partial charge in [0, 0.05) is 65.2 Å². The molecule has 0 saturated carbocycles. The summed E-state index contributed by atoms with van der Waals surface area (Å²) in [5, 5.41) is 12.4. The standard InChI is InChI=1S/C19H33N7O/c1-20-19(25-10-7-16(15-25)24-11-13-27-14-12-24)21-8-6-18-23-22-17-5-3-2-4-9-26(17)18/h16H,2-15H2,1H3,(H,20,21). The third-order valence-corrected chi connectivity index (χ3v) is 6.05. The van der Waals surface area contributed by atoms with Gasteiger partial charge in [-0.3, -0.25) is 9.89 Å². The maximum absolute atomic E-state index is 5.49. The molecule has 27 heavy (non-hydrogen) atoms. The zero-order chi connectivity index (χ0) is 18.5. The van der Waals surface area contributed by atoms with Crippen LogP contribution in [0.5, 0.6) is 0 Å². The van der Waals surface area contributed by atoms with Gasteiger partial charge >= 0.3 is 0 Å². The highest BCUT2D eigenvalue weighted by Gasteiger charge is 2.30. The first-order valence-electron chi connectivity index (χ1n) is 10.5. The zero-order valence-electron chi connectivity index (χ0n) is 16.6. The number of nitrogens with zero attached hydrogens (tertiary/aromatic N) is 6. The van der Waals surface area contributed by atoms with E-state index in [1.807, 2.05) is 7.05 Å². The van der Waals surface area contributed by atoms with Crippen molar-refractivity contribution < 1.29 is 4.74 Å². The Bertz CT molecular complexity index is 638. The van der Waals surface area contributed by atoms with Crippen molar-refractivity contribution in [3.05, 3.63) is 11.6 Å². The van der Waals surface area contributed by atoms with E-state index < -0.39 is 0 Å². The summed E-state index contributed by atoms with van der Waals surface area (Å²) < 4.78 is 7.82. The molecule has 8 heteroatoms. The van der Waals surface area contributed by atoms with E-state index in [1.54, 1.807) is 0 Å². The summed E-state index contributed by atoms with van der Waals surface area (Å²) in [7, 11) is 1.88. The molecule has 1 atom stereocenters. The molecule has 0 bridgehead atoms. The lowest BCUT2D eigenvalue weighted by atomic mass is 10.2. The number of morpholine rings is 1. The third-order valence-electron chi connectivity index (χ3n) is 6.05. The number of aryl methyl sites for hydroxylation is 1. The molecule has 2 saturated heterocycles. The number of aliphatic imine (C=N–C) groups is 1. The van der Waals surface area contributed by atoms with E-state index >= 15 is 0 Å². The van der Waals surface area contributed by atoms with Crippen molar-refractivity contribution in [2.75, 3.05) is 53.0 Å². The highest BCUT2D eigenvalue weighted by atomic mass is 16.5. The Kier molecular flexibility index (Phi) is 6.24. The second kappa shape index (κ2) is 9.01. The van der Waals surface area contributed by atoms with Gasteiger partial charge in [-0.1, -0.05) is 6.42 Å². The van der Waals surface area contributed by atoms with Gasteiger partial charge in [-0.05, 0) is 19.3 Å². The molecule has 1 aromatic heterocycles. The predicted molar refractivity (Wildman–Crippen MR) is 105 cm³/mol. The molecule has 8 nitrogen and oxygen atoms in total. The summed E-state index contributed by atoms with van der Waals surface area (Å²) in [5.41, 5.74) is 0. The van der Waals surface area contributed by atoms with Crippen LogP contribution < -0.4 is 5.32 Å². The second-order valence-electron chi connectivity index (χ2n) is 7.76. The number of rotatable bonds is 4. The lowest BCUT2D eigenvalue weighted by Gasteiger charge is -2.32. The van der Waals surface area contributed by atoms with Crippen molar-refractivity contribution in [3.8, 4) is 0 Å². The Labute approximate surface area is 162 Å². The van der Waals surface area contributed by atoms with Crippen LogP contribution in [0.2, 0.25) is 0 Å². The van der Waals surface area contributed by atoms with Crippen molar-refractivity contribution in [1.82, 2.24) is 29.9 Å². The van der Waals surface area contributed by atoms with Crippen molar-refractivity contribution >= 4 is 5.96 Å². The highest BCUT2D eigenvalue weighted by molar-refractivity contribution is 5.80. The summed E-state index contributed by atoms with van der Waals surface area (Å²) in [6.45, 7) is 7.90. The minimum absolute atomic E-state index is 0.625. The topological polar surface area (TPSA) is 70.8 Å². The highest BCUT2D eigenvalue weighted by Crippen LogP contribution is 2.17. The van der Waals surface area contributed by atoms with Crippen LogP contribution in [0, 0.1) is 0 Å². The van der Waals surface area contributed by atoms with Gasteiger partial charge < -0.3 is 19.5 Å². The fourth-order valence-corrected chi connectivity index (χ4v) is 4.52. The number of ether oxygens (including phenoxy) is 1. The quantitative estimate of drug-likeness (QED) is 0.611. The van der Waals surface area contributed by atoms with E-state index in [2.05, 4.69) is 34.9 Å².